The Morgan fingerprint density at radius 2 is 0.833 bits per heavy atom. The van der Waals surface area contributed by atoms with Gasteiger partial charge in [0.25, 0.3) is 0 Å². The standard InChI is InChI=1S/2C9H11NO2.C5H11NO2.2C2H5NO2/c2*10-8(9(11)12)6-7-4-2-1-3-5-7;1-3(2)4(6)5(7)8;2*3-1-2(4)5/h2*1-5,8H,6,10H2,(H,11,12);3-4H,6H2,1-2H3,(H,7,8);2*1,3H2,(H,4,5)/t2*8-;4-;;/m000../s1. The number of carboxylic acids is 5. The van der Waals surface area contributed by atoms with Crippen LogP contribution in [0, 0.1) is 5.92 Å². The Kier molecular flexibility index (Phi) is 25.6. The molecule has 2 aromatic rings. The minimum Gasteiger partial charge on any atom is -0.480 e. The molecule has 2 aromatic carbocycles. The first kappa shape index (κ1) is 42.1. The Morgan fingerprint density at radius 3 is 0.976 bits per heavy atom. The number of nitrogens with two attached hydrogens (primary N) is 5. The minimum absolute atomic E-state index is 0.0208. The van der Waals surface area contributed by atoms with E-state index in [0.29, 0.717) is 12.8 Å². The van der Waals surface area contributed by atoms with Crippen LogP contribution in [0.25, 0.3) is 0 Å². The van der Waals surface area contributed by atoms with Crippen LogP contribution in [0.4, 0.5) is 0 Å². The summed E-state index contributed by atoms with van der Waals surface area (Å²) in [4.78, 5) is 49.3. The molecule has 42 heavy (non-hydrogen) atoms. The molecular formula is C27H43N5O10. The molecule has 236 valence electrons. The molecule has 0 aliphatic heterocycles. The average Bonchev–Trinajstić information content (AvgIpc) is 2.94. The Balaban J connectivity index is -0.000000477. The lowest BCUT2D eigenvalue weighted by Gasteiger charge is -2.07. The molecule has 15 heteroatoms. The van der Waals surface area contributed by atoms with Gasteiger partial charge in [-0.15, -0.1) is 0 Å². The third-order valence-corrected chi connectivity index (χ3v) is 4.58. The molecule has 0 aliphatic rings. The lowest BCUT2D eigenvalue weighted by molar-refractivity contribution is -0.140. The number of benzene rings is 2. The Bertz CT molecular complexity index is 969. The maximum absolute atomic E-state index is 10.4. The maximum atomic E-state index is 10.4. The zero-order chi connectivity index (χ0) is 33.3. The first-order valence-electron chi connectivity index (χ1n) is 12.4. The SMILES string of the molecule is CC(C)[C@H](N)C(=O)O.NCC(=O)O.NCC(=O)O.N[C@@H](Cc1ccccc1)C(=O)O.N[C@@H](Cc1ccccc1)C(=O)O. The van der Waals surface area contributed by atoms with Crippen molar-refractivity contribution in [3.05, 3.63) is 71.8 Å². The monoisotopic (exact) mass is 597 g/mol. The van der Waals surface area contributed by atoms with E-state index in [4.69, 9.17) is 42.7 Å². The second kappa shape index (κ2) is 25.6. The molecule has 2 rings (SSSR count). The smallest absolute Gasteiger partial charge is 0.320 e. The Labute approximate surface area is 243 Å². The third kappa shape index (κ3) is 27.2. The van der Waals surface area contributed by atoms with Gasteiger partial charge < -0.3 is 54.2 Å². The normalized spacial score (nSPS) is 11.5. The molecule has 0 saturated heterocycles. The van der Waals surface area contributed by atoms with E-state index >= 15 is 0 Å². The predicted octanol–water partition coefficient (Wildman–Crippen LogP) is -0.604. The fraction of sp³-hybridized carbons (Fsp3) is 0.370. The van der Waals surface area contributed by atoms with Crippen LogP contribution in [-0.2, 0) is 36.8 Å². The van der Waals surface area contributed by atoms with E-state index in [9.17, 15) is 24.0 Å². The summed E-state index contributed by atoms with van der Waals surface area (Å²) >= 11 is 0. The fourth-order valence-corrected chi connectivity index (χ4v) is 2.20. The van der Waals surface area contributed by atoms with Crippen LogP contribution in [0.15, 0.2) is 60.7 Å². The zero-order valence-corrected chi connectivity index (χ0v) is 23.6. The van der Waals surface area contributed by atoms with Gasteiger partial charge in [-0.1, -0.05) is 74.5 Å². The molecule has 0 heterocycles. The van der Waals surface area contributed by atoms with Crippen molar-refractivity contribution >= 4 is 29.8 Å². The summed E-state index contributed by atoms with van der Waals surface area (Å²) in [5.74, 6) is -4.76. The molecule has 0 spiro atoms. The molecule has 0 radical (unpaired) electrons. The van der Waals surface area contributed by atoms with Gasteiger partial charge in [0.15, 0.2) is 0 Å². The lowest BCUT2D eigenvalue weighted by Crippen LogP contribution is -2.34. The molecule has 0 saturated carbocycles. The number of carboxylic acid groups (broad SMARTS) is 5. The molecule has 0 amide bonds. The number of hydrogen-bond acceptors (Lipinski definition) is 10. The van der Waals surface area contributed by atoms with Gasteiger partial charge in [0.2, 0.25) is 0 Å². The van der Waals surface area contributed by atoms with Gasteiger partial charge >= 0.3 is 29.8 Å². The second-order valence-electron chi connectivity index (χ2n) is 8.57. The van der Waals surface area contributed by atoms with E-state index in [2.05, 4.69) is 11.5 Å². The van der Waals surface area contributed by atoms with Crippen molar-refractivity contribution in [2.75, 3.05) is 13.1 Å². The Morgan fingerprint density at radius 1 is 0.571 bits per heavy atom. The summed E-state index contributed by atoms with van der Waals surface area (Å²) in [6.07, 6.45) is 0.770. The first-order valence-corrected chi connectivity index (χ1v) is 12.4. The van der Waals surface area contributed by atoms with E-state index in [1.54, 1.807) is 13.8 Å². The first-order chi connectivity index (χ1) is 19.5. The largest absolute Gasteiger partial charge is 0.480 e. The highest BCUT2D eigenvalue weighted by atomic mass is 16.4. The molecule has 3 atom stereocenters. The molecule has 0 bridgehead atoms. The van der Waals surface area contributed by atoms with Crippen molar-refractivity contribution in [2.45, 2.75) is 44.8 Å². The molecule has 0 fully saturated rings. The minimum atomic E-state index is -0.968. The summed E-state index contributed by atoms with van der Waals surface area (Å²) in [7, 11) is 0. The van der Waals surface area contributed by atoms with Gasteiger partial charge in [-0.2, -0.15) is 0 Å². The number of carbonyl (C=O) groups is 5. The van der Waals surface area contributed by atoms with Gasteiger partial charge in [0, 0.05) is 0 Å². The van der Waals surface area contributed by atoms with Crippen molar-refractivity contribution in [1.29, 1.82) is 0 Å². The van der Waals surface area contributed by atoms with Crippen molar-refractivity contribution in [3.63, 3.8) is 0 Å². The van der Waals surface area contributed by atoms with E-state index in [-0.39, 0.29) is 19.0 Å². The summed E-state index contributed by atoms with van der Waals surface area (Å²) in [5, 5.41) is 40.5. The average molecular weight is 598 g/mol. The fourth-order valence-electron chi connectivity index (χ4n) is 2.20. The summed E-state index contributed by atoms with van der Waals surface area (Å²) in [6.45, 7) is 3.00. The van der Waals surface area contributed by atoms with Crippen LogP contribution in [0.3, 0.4) is 0 Å². The van der Waals surface area contributed by atoms with Gasteiger partial charge in [-0.25, -0.2) is 0 Å². The Hall–Kier alpha value is -4.41. The van der Waals surface area contributed by atoms with Gasteiger partial charge in [-0.3, -0.25) is 24.0 Å². The molecule has 15 N–H and O–H groups in total. The highest BCUT2D eigenvalue weighted by Gasteiger charge is 2.14. The topological polar surface area (TPSA) is 317 Å². The van der Waals surface area contributed by atoms with Gasteiger partial charge in [-0.05, 0) is 29.9 Å². The summed E-state index contributed by atoms with van der Waals surface area (Å²) in [6, 6.07) is 16.4. The summed E-state index contributed by atoms with van der Waals surface area (Å²) < 4.78 is 0. The van der Waals surface area contributed by atoms with Crippen LogP contribution >= 0.6 is 0 Å². The maximum Gasteiger partial charge on any atom is 0.320 e. The van der Waals surface area contributed by atoms with E-state index in [0.717, 1.165) is 11.1 Å². The number of rotatable bonds is 10. The van der Waals surface area contributed by atoms with Crippen molar-refractivity contribution in [3.8, 4) is 0 Å². The van der Waals surface area contributed by atoms with Crippen LogP contribution in [-0.4, -0.2) is 86.6 Å². The van der Waals surface area contributed by atoms with Crippen LogP contribution in [0.2, 0.25) is 0 Å². The second-order valence-corrected chi connectivity index (χ2v) is 8.57. The van der Waals surface area contributed by atoms with Crippen LogP contribution in [0.5, 0.6) is 0 Å². The molecule has 0 unspecified atom stereocenters. The quantitative estimate of drug-likeness (QED) is 0.163. The van der Waals surface area contributed by atoms with Gasteiger partial charge in [0.1, 0.15) is 18.1 Å². The number of hydrogen-bond donors (Lipinski definition) is 10. The van der Waals surface area contributed by atoms with Crippen molar-refractivity contribution in [1.82, 2.24) is 0 Å². The lowest BCUT2D eigenvalue weighted by atomic mass is 10.1. The molecular weight excluding hydrogens is 554 g/mol. The van der Waals surface area contributed by atoms with Crippen molar-refractivity contribution < 1.29 is 49.5 Å². The predicted molar refractivity (Wildman–Crippen MR) is 155 cm³/mol. The molecule has 0 aromatic heterocycles. The van der Waals surface area contributed by atoms with E-state index < -0.39 is 48.0 Å². The highest BCUT2D eigenvalue weighted by molar-refractivity contribution is 5.74. The van der Waals surface area contributed by atoms with Crippen LogP contribution < -0.4 is 28.7 Å². The van der Waals surface area contributed by atoms with Crippen LogP contribution in [0.1, 0.15) is 25.0 Å². The number of aliphatic carboxylic acids is 5. The highest BCUT2D eigenvalue weighted by Crippen LogP contribution is 2.02. The summed E-state index contributed by atoms with van der Waals surface area (Å²) in [5.41, 5.74) is 26.9. The van der Waals surface area contributed by atoms with Gasteiger partial charge in [0.05, 0.1) is 13.1 Å². The zero-order valence-electron chi connectivity index (χ0n) is 23.6. The molecule has 0 aliphatic carbocycles. The molecule has 15 nitrogen and oxygen atoms in total. The van der Waals surface area contributed by atoms with E-state index in [1.165, 1.54) is 0 Å². The third-order valence-electron chi connectivity index (χ3n) is 4.58. The van der Waals surface area contributed by atoms with E-state index in [1.807, 2.05) is 60.7 Å². The van der Waals surface area contributed by atoms with Crippen molar-refractivity contribution in [2.24, 2.45) is 34.6 Å².